The number of hydrogen-bond acceptors (Lipinski definition) is 3. The van der Waals surface area contributed by atoms with E-state index in [9.17, 15) is 29.7 Å². The van der Waals surface area contributed by atoms with Gasteiger partial charge in [0.15, 0.2) is 18.1 Å². The second-order valence-electron chi connectivity index (χ2n) is 11.6. The summed E-state index contributed by atoms with van der Waals surface area (Å²) in [6, 6.07) is -3.13. The van der Waals surface area contributed by atoms with Gasteiger partial charge in [0.2, 0.25) is 0 Å². The third-order valence-electron chi connectivity index (χ3n) is 8.43. The summed E-state index contributed by atoms with van der Waals surface area (Å²) in [5.41, 5.74) is 0. The molecule has 0 spiro atoms. The van der Waals surface area contributed by atoms with Crippen molar-refractivity contribution in [3.05, 3.63) is 12.2 Å². The van der Waals surface area contributed by atoms with Crippen molar-refractivity contribution in [3.8, 4) is 0 Å². The van der Waals surface area contributed by atoms with Gasteiger partial charge in [0.1, 0.15) is 0 Å². The van der Waals surface area contributed by atoms with E-state index in [4.69, 9.17) is 0 Å². The summed E-state index contributed by atoms with van der Waals surface area (Å²) < 4.78 is -0.370. The summed E-state index contributed by atoms with van der Waals surface area (Å²) in [6.07, 6.45) is 23.3. The molecule has 0 bridgehead atoms. The lowest BCUT2D eigenvalue weighted by Gasteiger charge is -2.50. The van der Waals surface area contributed by atoms with Crippen molar-refractivity contribution in [2.75, 3.05) is 6.54 Å². The molecule has 0 rings (SSSR count). The number of unbranched alkanes of at least 4 members (excludes halogenated alkanes) is 13. The smallest absolute Gasteiger partial charge is 0.362 e. The topological polar surface area (TPSA) is 112 Å². The fourth-order valence-electron chi connectivity index (χ4n) is 6.41. The first-order valence-electron chi connectivity index (χ1n) is 16.4. The molecule has 7 heteroatoms. The van der Waals surface area contributed by atoms with Gasteiger partial charge in [0.05, 0.1) is 6.54 Å². The molecule has 234 valence electrons. The second-order valence-corrected chi connectivity index (χ2v) is 11.6. The van der Waals surface area contributed by atoms with E-state index in [0.29, 0.717) is 25.7 Å². The first-order valence-corrected chi connectivity index (χ1v) is 16.4. The Morgan fingerprint density at radius 1 is 0.550 bits per heavy atom. The number of carbonyl (C=O) groups is 3. The molecule has 7 nitrogen and oxygen atoms in total. The molecule has 0 aliphatic carbocycles. The fourth-order valence-corrected chi connectivity index (χ4v) is 6.41. The number of carboxylic acid groups (broad SMARTS) is 3. The minimum absolute atomic E-state index is 0.270. The van der Waals surface area contributed by atoms with Crippen LogP contribution < -0.4 is 0 Å². The zero-order valence-electron chi connectivity index (χ0n) is 26.2. The maximum atomic E-state index is 12.6. The Bertz CT molecular complexity index is 647. The molecule has 3 atom stereocenters. The molecule has 0 saturated carbocycles. The Kier molecular flexibility index (Phi) is 22.7. The molecule has 0 aromatic rings. The highest BCUT2D eigenvalue weighted by molar-refractivity contribution is 5.78. The lowest BCUT2D eigenvalue weighted by Crippen LogP contribution is -2.72. The highest BCUT2D eigenvalue weighted by atomic mass is 16.4. The lowest BCUT2D eigenvalue weighted by atomic mass is 9.91. The Morgan fingerprint density at radius 3 is 1.12 bits per heavy atom. The molecule has 0 fully saturated rings. The van der Waals surface area contributed by atoms with Gasteiger partial charge in [-0.05, 0) is 51.9 Å². The van der Waals surface area contributed by atoms with Crippen LogP contribution in [0.4, 0.5) is 0 Å². The largest absolute Gasteiger partial charge is 0.477 e. The third kappa shape index (κ3) is 14.1. The third-order valence-corrected chi connectivity index (χ3v) is 8.43. The summed E-state index contributed by atoms with van der Waals surface area (Å²) in [6.45, 7) is 7.98. The highest BCUT2D eigenvalue weighted by Gasteiger charge is 2.56. The van der Waals surface area contributed by atoms with E-state index >= 15 is 0 Å². The minimum Gasteiger partial charge on any atom is -0.477 e. The van der Waals surface area contributed by atoms with Gasteiger partial charge < -0.3 is 15.3 Å². The van der Waals surface area contributed by atoms with E-state index in [0.717, 1.165) is 19.3 Å². The van der Waals surface area contributed by atoms with Crippen LogP contribution in [0.1, 0.15) is 156 Å². The molecule has 0 aromatic heterocycles. The van der Waals surface area contributed by atoms with E-state index in [1.54, 1.807) is 0 Å². The number of aliphatic carboxylic acids is 3. The number of quaternary nitrogens is 1. The van der Waals surface area contributed by atoms with Crippen molar-refractivity contribution < 1.29 is 34.2 Å². The summed E-state index contributed by atoms with van der Waals surface area (Å²) in [5, 5.41) is 30.8. The molecule has 0 aromatic carbocycles. The quantitative estimate of drug-likeness (QED) is 0.0495. The van der Waals surface area contributed by atoms with E-state index in [2.05, 4.69) is 19.1 Å². The predicted molar refractivity (Wildman–Crippen MR) is 164 cm³/mol. The summed E-state index contributed by atoms with van der Waals surface area (Å²) in [4.78, 5) is 37.7. The van der Waals surface area contributed by atoms with Crippen LogP contribution in [-0.4, -0.2) is 62.4 Å². The first-order chi connectivity index (χ1) is 19.2. The zero-order valence-corrected chi connectivity index (χ0v) is 26.2. The van der Waals surface area contributed by atoms with Gasteiger partial charge in [-0.2, -0.15) is 0 Å². The van der Waals surface area contributed by atoms with Crippen molar-refractivity contribution in [1.29, 1.82) is 0 Å². The summed E-state index contributed by atoms with van der Waals surface area (Å²) in [5.74, 6) is -3.25. The van der Waals surface area contributed by atoms with Crippen LogP contribution in [0.5, 0.6) is 0 Å². The molecule has 3 unspecified atom stereocenters. The fraction of sp³-hybridized carbons (Fsp3) is 0.848. The molecule has 3 N–H and O–H groups in total. The molecule has 40 heavy (non-hydrogen) atoms. The van der Waals surface area contributed by atoms with Crippen LogP contribution in [0.3, 0.4) is 0 Å². The minimum atomic E-state index is -1.08. The van der Waals surface area contributed by atoms with Gasteiger partial charge in [-0.15, -0.1) is 0 Å². The van der Waals surface area contributed by atoms with E-state index in [1.807, 2.05) is 20.8 Å². The molecule has 0 amide bonds. The van der Waals surface area contributed by atoms with Gasteiger partial charge >= 0.3 is 17.9 Å². The SMILES string of the molecule is C/C=C/CCCCCCCCCCCCCCC[N+](C(CCC)C(=O)O)(C(CCC)C(=O)O)C(CCC)C(=O)O. The number of hydrogen-bond donors (Lipinski definition) is 3. The number of allylic oxidation sites excluding steroid dienone is 2. The van der Waals surface area contributed by atoms with Crippen molar-refractivity contribution in [1.82, 2.24) is 0 Å². The Morgan fingerprint density at radius 2 is 0.850 bits per heavy atom. The Balaban J connectivity index is 5.06. The number of carboxylic acids is 3. The lowest BCUT2D eigenvalue weighted by molar-refractivity contribution is -0.973. The zero-order chi connectivity index (χ0) is 30.2. The van der Waals surface area contributed by atoms with Crippen LogP contribution in [-0.2, 0) is 14.4 Å². The predicted octanol–water partition coefficient (Wildman–Crippen LogP) is 8.60. The maximum absolute atomic E-state index is 12.6. The standard InChI is InChI=1S/C33H61NO6/c1-5-9-10-11-12-13-14-15-16-17-18-19-20-21-22-23-27-34(28(24-6-2)31(35)36,29(25-7-3)32(37)38)30(26-8-4)33(39)40/h5,9,28-30H,6-8,10-27H2,1-4H3,(H2-,35,36,37,38,39,40)/p+1/b9-5+. The van der Waals surface area contributed by atoms with Gasteiger partial charge in [-0.25, -0.2) is 14.4 Å². The van der Waals surface area contributed by atoms with Crippen LogP contribution in [0, 0.1) is 0 Å². The molecule has 0 aliphatic heterocycles. The van der Waals surface area contributed by atoms with Crippen LogP contribution in [0.25, 0.3) is 0 Å². The van der Waals surface area contributed by atoms with Crippen LogP contribution in [0.2, 0.25) is 0 Å². The molecular formula is C33H62NO6+. The number of nitrogens with zero attached hydrogens (tertiary/aromatic N) is 1. The molecule has 0 saturated heterocycles. The van der Waals surface area contributed by atoms with Crippen molar-refractivity contribution in [2.45, 2.75) is 174 Å². The maximum Gasteiger partial charge on any atom is 0.362 e. The molecule has 0 aliphatic rings. The van der Waals surface area contributed by atoms with Gasteiger partial charge in [0.25, 0.3) is 0 Å². The number of rotatable bonds is 28. The van der Waals surface area contributed by atoms with Crippen LogP contribution in [0.15, 0.2) is 12.2 Å². The van der Waals surface area contributed by atoms with Gasteiger partial charge in [-0.1, -0.05) is 97.1 Å². The highest BCUT2D eigenvalue weighted by Crippen LogP contribution is 2.34. The van der Waals surface area contributed by atoms with E-state index in [1.165, 1.54) is 64.2 Å². The summed E-state index contributed by atoms with van der Waals surface area (Å²) in [7, 11) is 0. The van der Waals surface area contributed by atoms with Crippen molar-refractivity contribution in [2.24, 2.45) is 0 Å². The molecule has 0 radical (unpaired) electrons. The average Bonchev–Trinajstić information content (AvgIpc) is 2.91. The van der Waals surface area contributed by atoms with Gasteiger partial charge in [0, 0.05) is 19.3 Å². The second kappa shape index (κ2) is 23.8. The summed E-state index contributed by atoms with van der Waals surface area (Å²) >= 11 is 0. The average molecular weight is 569 g/mol. The van der Waals surface area contributed by atoms with Crippen molar-refractivity contribution >= 4 is 17.9 Å². The monoisotopic (exact) mass is 568 g/mol. The van der Waals surface area contributed by atoms with Crippen molar-refractivity contribution in [3.63, 3.8) is 0 Å². The molecular weight excluding hydrogens is 506 g/mol. The molecule has 0 heterocycles. The Labute approximate surface area is 245 Å². The normalized spacial score (nSPS) is 15.5. The Hall–Kier alpha value is -1.89. The van der Waals surface area contributed by atoms with Gasteiger partial charge in [-0.3, -0.25) is 4.48 Å². The first kappa shape index (κ1) is 38.1. The van der Waals surface area contributed by atoms with E-state index < -0.39 is 36.0 Å². The van der Waals surface area contributed by atoms with Crippen LogP contribution >= 0.6 is 0 Å². The van der Waals surface area contributed by atoms with E-state index in [-0.39, 0.29) is 30.3 Å².